The number of carbonyl (C=O) groups is 1. The summed E-state index contributed by atoms with van der Waals surface area (Å²) in [5.74, 6) is -0.346. The third-order valence-electron chi connectivity index (χ3n) is 3.49. The van der Waals surface area contributed by atoms with Crippen LogP contribution in [0.2, 0.25) is 5.02 Å². The molecule has 1 unspecified atom stereocenters. The molecule has 0 fully saturated rings. The number of amides is 1. The maximum absolute atomic E-state index is 12.5. The lowest BCUT2D eigenvalue weighted by Gasteiger charge is -2.25. The number of anilines is 1. The van der Waals surface area contributed by atoms with E-state index in [0.29, 0.717) is 10.7 Å². The van der Waals surface area contributed by atoms with Gasteiger partial charge >= 0.3 is 0 Å². The molecule has 2 aromatic carbocycles. The van der Waals surface area contributed by atoms with Crippen molar-refractivity contribution >= 4 is 34.8 Å². The highest BCUT2D eigenvalue weighted by molar-refractivity contribution is 6.38. The maximum atomic E-state index is 12.5. The van der Waals surface area contributed by atoms with Crippen molar-refractivity contribution in [2.45, 2.75) is 5.00 Å². The van der Waals surface area contributed by atoms with Crippen LogP contribution in [0.15, 0.2) is 73.0 Å². The zero-order valence-electron chi connectivity index (χ0n) is 12.1. The predicted octanol–water partition coefficient (Wildman–Crippen LogP) is 4.55. The molecule has 0 bridgehead atoms. The van der Waals surface area contributed by atoms with Gasteiger partial charge in [-0.1, -0.05) is 59.6 Å². The SMILES string of the molecule is O=C(Nc1ccccc1-c1ccc(Cl)cc1)C1(Cl)C=CC=CN1. The van der Waals surface area contributed by atoms with Crippen LogP contribution < -0.4 is 10.6 Å². The van der Waals surface area contributed by atoms with Gasteiger partial charge in [0, 0.05) is 16.3 Å². The molecule has 1 aliphatic rings. The Morgan fingerprint density at radius 2 is 1.78 bits per heavy atom. The fraction of sp³-hybridized carbons (Fsp3) is 0.0556. The van der Waals surface area contributed by atoms with E-state index in [2.05, 4.69) is 10.6 Å². The number of nitrogens with one attached hydrogen (secondary N) is 2. The minimum absolute atomic E-state index is 0.346. The number of para-hydroxylation sites is 1. The molecule has 1 atom stereocenters. The van der Waals surface area contributed by atoms with Crippen molar-refractivity contribution in [1.29, 1.82) is 0 Å². The summed E-state index contributed by atoms with van der Waals surface area (Å²) >= 11 is 12.2. The summed E-state index contributed by atoms with van der Waals surface area (Å²) < 4.78 is 0. The number of allylic oxidation sites excluding steroid dienone is 2. The Labute approximate surface area is 144 Å². The van der Waals surface area contributed by atoms with E-state index in [1.54, 1.807) is 24.4 Å². The molecule has 2 N–H and O–H groups in total. The van der Waals surface area contributed by atoms with Crippen molar-refractivity contribution in [1.82, 2.24) is 5.32 Å². The molecule has 0 spiro atoms. The molecule has 5 heteroatoms. The lowest BCUT2D eigenvalue weighted by Crippen LogP contribution is -2.47. The van der Waals surface area contributed by atoms with Crippen molar-refractivity contribution in [3.8, 4) is 11.1 Å². The average Bonchev–Trinajstić information content (AvgIpc) is 2.57. The monoisotopic (exact) mass is 344 g/mol. The first-order chi connectivity index (χ1) is 11.1. The first-order valence-corrected chi connectivity index (χ1v) is 7.81. The number of benzene rings is 2. The highest BCUT2D eigenvalue weighted by Crippen LogP contribution is 2.30. The second kappa shape index (κ2) is 6.49. The van der Waals surface area contributed by atoms with Gasteiger partial charge in [-0.3, -0.25) is 4.79 Å². The molecule has 2 aromatic rings. The highest BCUT2D eigenvalue weighted by atomic mass is 35.5. The molecule has 23 heavy (non-hydrogen) atoms. The van der Waals surface area contributed by atoms with Crippen LogP contribution in [0.25, 0.3) is 11.1 Å². The highest BCUT2D eigenvalue weighted by Gasteiger charge is 2.33. The smallest absolute Gasteiger partial charge is 0.269 e. The Balaban J connectivity index is 1.89. The van der Waals surface area contributed by atoms with Crippen molar-refractivity contribution in [3.05, 3.63) is 78.0 Å². The largest absolute Gasteiger partial charge is 0.362 e. The third-order valence-corrected chi connectivity index (χ3v) is 4.15. The first kappa shape index (κ1) is 15.7. The van der Waals surface area contributed by atoms with Gasteiger partial charge in [-0.25, -0.2) is 0 Å². The molecule has 0 aliphatic carbocycles. The summed E-state index contributed by atoms with van der Waals surface area (Å²) in [5, 5.41) is 6.40. The Kier molecular flexibility index (Phi) is 4.42. The third kappa shape index (κ3) is 3.41. The molecule has 1 heterocycles. The van der Waals surface area contributed by atoms with E-state index >= 15 is 0 Å². The summed E-state index contributed by atoms with van der Waals surface area (Å²) in [6.07, 6.45) is 6.75. The van der Waals surface area contributed by atoms with E-state index in [4.69, 9.17) is 23.2 Å². The lowest BCUT2D eigenvalue weighted by atomic mass is 10.0. The number of hydrogen-bond acceptors (Lipinski definition) is 2. The molecule has 1 aliphatic heterocycles. The molecule has 0 aromatic heterocycles. The van der Waals surface area contributed by atoms with Crippen LogP contribution in [0.4, 0.5) is 5.69 Å². The number of dihydropyridines is 1. The van der Waals surface area contributed by atoms with Crippen LogP contribution in [0.3, 0.4) is 0 Å². The van der Waals surface area contributed by atoms with Crippen molar-refractivity contribution < 1.29 is 4.79 Å². The number of carbonyl (C=O) groups excluding carboxylic acids is 1. The fourth-order valence-electron chi connectivity index (χ4n) is 2.29. The average molecular weight is 345 g/mol. The molecule has 1 amide bonds. The lowest BCUT2D eigenvalue weighted by molar-refractivity contribution is -0.118. The second-order valence-electron chi connectivity index (χ2n) is 5.08. The fourth-order valence-corrected chi connectivity index (χ4v) is 2.60. The van der Waals surface area contributed by atoms with Crippen LogP contribution in [0.5, 0.6) is 0 Å². The molecule has 3 rings (SSSR count). The second-order valence-corrected chi connectivity index (χ2v) is 6.11. The quantitative estimate of drug-likeness (QED) is 0.633. The number of alkyl halides is 1. The predicted molar refractivity (Wildman–Crippen MR) is 95.5 cm³/mol. The van der Waals surface area contributed by atoms with Crippen LogP contribution in [0.1, 0.15) is 0 Å². The molecule has 116 valence electrons. The molecular formula is C18H14Cl2N2O. The molecule has 0 saturated heterocycles. The molecule has 0 radical (unpaired) electrons. The minimum Gasteiger partial charge on any atom is -0.362 e. The Bertz CT molecular complexity index is 784. The zero-order valence-corrected chi connectivity index (χ0v) is 13.6. The van der Waals surface area contributed by atoms with Crippen LogP contribution in [-0.2, 0) is 4.79 Å². The number of halogens is 2. The Morgan fingerprint density at radius 1 is 1.04 bits per heavy atom. The summed E-state index contributed by atoms with van der Waals surface area (Å²) in [7, 11) is 0. The van der Waals surface area contributed by atoms with Gasteiger partial charge in [0.25, 0.3) is 5.91 Å². The van der Waals surface area contributed by atoms with Gasteiger partial charge in [0.1, 0.15) is 0 Å². The summed E-state index contributed by atoms with van der Waals surface area (Å²) in [6.45, 7) is 0. The van der Waals surface area contributed by atoms with Gasteiger partial charge in [-0.05, 0) is 42.1 Å². The normalized spacial score (nSPS) is 19.2. The van der Waals surface area contributed by atoms with Crippen molar-refractivity contribution in [2.24, 2.45) is 0 Å². The van der Waals surface area contributed by atoms with Crippen LogP contribution >= 0.6 is 23.2 Å². The minimum atomic E-state index is -1.29. The van der Waals surface area contributed by atoms with Gasteiger partial charge < -0.3 is 10.6 Å². The zero-order chi connectivity index (χ0) is 16.3. The van der Waals surface area contributed by atoms with E-state index in [1.165, 1.54) is 0 Å². The Morgan fingerprint density at radius 3 is 2.48 bits per heavy atom. The molecular weight excluding hydrogens is 331 g/mol. The molecule has 0 saturated carbocycles. The van der Waals surface area contributed by atoms with E-state index < -0.39 is 5.00 Å². The van der Waals surface area contributed by atoms with E-state index in [1.807, 2.05) is 48.5 Å². The maximum Gasteiger partial charge on any atom is 0.269 e. The van der Waals surface area contributed by atoms with Gasteiger partial charge in [0.05, 0.1) is 0 Å². The van der Waals surface area contributed by atoms with Crippen molar-refractivity contribution in [3.63, 3.8) is 0 Å². The van der Waals surface area contributed by atoms with Gasteiger partial charge in [-0.15, -0.1) is 0 Å². The summed E-state index contributed by atoms with van der Waals surface area (Å²) in [5.41, 5.74) is 2.54. The van der Waals surface area contributed by atoms with E-state index in [0.717, 1.165) is 11.1 Å². The summed E-state index contributed by atoms with van der Waals surface area (Å²) in [4.78, 5) is 11.2. The van der Waals surface area contributed by atoms with Gasteiger partial charge in [-0.2, -0.15) is 0 Å². The first-order valence-electron chi connectivity index (χ1n) is 7.06. The van der Waals surface area contributed by atoms with Gasteiger partial charge in [0.15, 0.2) is 0 Å². The summed E-state index contributed by atoms with van der Waals surface area (Å²) in [6, 6.07) is 15.0. The van der Waals surface area contributed by atoms with Crippen LogP contribution in [0, 0.1) is 0 Å². The standard InChI is InChI=1S/C18H14Cl2N2O/c19-14-9-7-13(8-10-14)15-5-1-2-6-16(15)22-17(23)18(20)11-3-4-12-21-18/h1-12,21H,(H,22,23). The Hall–Kier alpha value is -2.23. The van der Waals surface area contributed by atoms with E-state index in [-0.39, 0.29) is 5.91 Å². The van der Waals surface area contributed by atoms with Crippen LogP contribution in [-0.4, -0.2) is 10.9 Å². The van der Waals surface area contributed by atoms with E-state index in [9.17, 15) is 4.79 Å². The molecule has 3 nitrogen and oxygen atoms in total. The topological polar surface area (TPSA) is 41.1 Å². The number of hydrogen-bond donors (Lipinski definition) is 2. The van der Waals surface area contributed by atoms with Gasteiger partial charge in [0.2, 0.25) is 5.00 Å². The van der Waals surface area contributed by atoms with Crippen molar-refractivity contribution in [2.75, 3.05) is 5.32 Å². The number of rotatable bonds is 3.